The van der Waals surface area contributed by atoms with Gasteiger partial charge in [-0.2, -0.15) is 7.11 Å². The summed E-state index contributed by atoms with van der Waals surface area (Å²) in [5.41, 5.74) is 0.786. The van der Waals surface area contributed by atoms with Crippen LogP contribution in [-0.2, 0) is 51.1 Å². The van der Waals surface area contributed by atoms with Gasteiger partial charge in [0.2, 0.25) is 5.91 Å². The number of carbonyl (C=O) groups excluding carboxylic acids is 4. The van der Waals surface area contributed by atoms with Gasteiger partial charge in [0.25, 0.3) is 5.56 Å². The molecule has 0 aliphatic carbocycles. The van der Waals surface area contributed by atoms with E-state index in [0.717, 1.165) is 21.3 Å². The van der Waals surface area contributed by atoms with Crippen molar-refractivity contribution in [1.29, 1.82) is 0 Å². The Morgan fingerprint density at radius 1 is 1.00 bits per heavy atom. The van der Waals surface area contributed by atoms with Crippen molar-refractivity contribution in [3.63, 3.8) is 0 Å². The number of ether oxygens (including phenoxy) is 5. The van der Waals surface area contributed by atoms with Crippen molar-refractivity contribution in [3.05, 3.63) is 38.4 Å². The summed E-state index contributed by atoms with van der Waals surface area (Å²) in [7, 11) is 4.10. The van der Waals surface area contributed by atoms with Crippen molar-refractivity contribution in [3.8, 4) is 5.75 Å². The molecule has 15 nitrogen and oxygen atoms in total. The number of hydrogen-bond donors (Lipinski definition) is 4. The van der Waals surface area contributed by atoms with E-state index in [1.54, 1.807) is 6.92 Å². The summed E-state index contributed by atoms with van der Waals surface area (Å²) in [6.45, 7) is 3.15. The molecule has 16 heteroatoms. The van der Waals surface area contributed by atoms with Crippen molar-refractivity contribution >= 4 is 23.8 Å². The Morgan fingerprint density at radius 3 is 2.17 bits per heavy atom. The first-order valence-corrected chi connectivity index (χ1v) is 11.6. The molecule has 0 spiro atoms. The van der Waals surface area contributed by atoms with Crippen LogP contribution < -0.4 is 45.5 Å². The maximum absolute atomic E-state index is 11.7. The van der Waals surface area contributed by atoms with Gasteiger partial charge in [0.15, 0.2) is 5.56 Å². The zero-order valence-electron chi connectivity index (χ0n) is 23.5. The second kappa shape index (κ2) is 22.0. The number of carbonyl (C=O) groups is 4. The first-order chi connectivity index (χ1) is 18.7. The third kappa shape index (κ3) is 12.2. The molecule has 2 aliphatic rings. The zero-order valence-corrected chi connectivity index (χ0v) is 25.5. The standard InChI is InChI=1S/C12H17NO6.C10H11NO5.CH4O.CH3O.Na/c1-3-19-12(16)8-4-5-18-7-9(8)13-10(14)6-11(15)17-2;1-15-10(14)7-8(12)5-2-3-16-4-6(5)11-9(7)13;2*1-2;/h3-7H2,1-2H3,(H,13,14);2-4H2,1H3,(H2,11,12,13);2H,1H3;1H3;/q;;;-1;+1. The van der Waals surface area contributed by atoms with Gasteiger partial charge >= 0.3 is 47.5 Å². The van der Waals surface area contributed by atoms with E-state index in [4.69, 9.17) is 24.4 Å². The fourth-order valence-corrected chi connectivity index (χ4v) is 3.27. The molecule has 4 N–H and O–H groups in total. The Hall–Kier alpha value is -2.79. The van der Waals surface area contributed by atoms with E-state index in [2.05, 4.69) is 19.8 Å². The van der Waals surface area contributed by atoms with Crippen LogP contribution in [0.1, 0.15) is 41.4 Å². The summed E-state index contributed by atoms with van der Waals surface area (Å²) in [6.07, 6.45) is 0.421. The number of aromatic amines is 1. The summed E-state index contributed by atoms with van der Waals surface area (Å²) in [5, 5.41) is 27.6. The number of aromatic hydroxyl groups is 1. The van der Waals surface area contributed by atoms with E-state index in [9.17, 15) is 29.1 Å². The number of hydrogen-bond acceptors (Lipinski definition) is 13. The maximum atomic E-state index is 11.7. The molecule has 0 saturated heterocycles. The molecule has 1 amide bonds. The molecule has 0 unspecified atom stereocenters. The number of nitrogens with one attached hydrogen (secondary N) is 2. The van der Waals surface area contributed by atoms with Gasteiger partial charge in [-0.3, -0.25) is 14.4 Å². The Morgan fingerprint density at radius 2 is 1.60 bits per heavy atom. The number of H-pyrrole nitrogens is 1. The molecule has 3 rings (SSSR count). The molecule has 0 fully saturated rings. The molecule has 1 aromatic heterocycles. The molecule has 0 radical (unpaired) electrons. The summed E-state index contributed by atoms with van der Waals surface area (Å²) < 4.78 is 24.0. The third-order valence-electron chi connectivity index (χ3n) is 4.96. The number of pyridine rings is 1. The molecule has 0 aromatic carbocycles. The van der Waals surface area contributed by atoms with Gasteiger partial charge in [-0.1, -0.05) is 0 Å². The minimum absolute atomic E-state index is 0. The topological polar surface area (TPSA) is 223 Å². The van der Waals surface area contributed by atoms with Crippen LogP contribution in [0.4, 0.5) is 0 Å². The van der Waals surface area contributed by atoms with Crippen LogP contribution in [0.25, 0.3) is 0 Å². The normalized spacial score (nSPS) is 13.1. The van der Waals surface area contributed by atoms with Gasteiger partial charge < -0.3 is 49.3 Å². The summed E-state index contributed by atoms with van der Waals surface area (Å²) in [4.78, 5) is 59.6. The van der Waals surface area contributed by atoms with Gasteiger partial charge in [-0.25, -0.2) is 9.59 Å². The summed E-state index contributed by atoms with van der Waals surface area (Å²) in [5.74, 6) is -2.80. The molecule has 2 aliphatic heterocycles. The first-order valence-electron chi connectivity index (χ1n) is 11.6. The molecule has 220 valence electrons. The summed E-state index contributed by atoms with van der Waals surface area (Å²) >= 11 is 0. The number of aromatic nitrogens is 1. The van der Waals surface area contributed by atoms with E-state index in [1.807, 2.05) is 0 Å². The van der Waals surface area contributed by atoms with Crippen molar-refractivity contribution in [1.82, 2.24) is 10.3 Å². The first kappa shape index (κ1) is 39.4. The van der Waals surface area contributed by atoms with E-state index in [1.165, 1.54) is 7.11 Å². The minimum Gasteiger partial charge on any atom is -0.857 e. The monoisotopic (exact) mass is 582 g/mol. The average Bonchev–Trinajstić information content (AvgIpc) is 2.95. The van der Waals surface area contributed by atoms with Crippen molar-refractivity contribution in [2.24, 2.45) is 0 Å². The number of aliphatic hydroxyl groups excluding tert-OH is 1. The Kier molecular flexibility index (Phi) is 21.6. The van der Waals surface area contributed by atoms with Gasteiger partial charge in [-0.15, -0.1) is 0 Å². The van der Waals surface area contributed by atoms with E-state index < -0.39 is 35.8 Å². The molecule has 1 aromatic rings. The van der Waals surface area contributed by atoms with Crippen LogP contribution in [-0.4, -0.2) is 93.9 Å². The Balaban J connectivity index is 0. The predicted molar refractivity (Wildman–Crippen MR) is 131 cm³/mol. The van der Waals surface area contributed by atoms with Gasteiger partial charge in [0.1, 0.15) is 12.2 Å². The van der Waals surface area contributed by atoms with Crippen LogP contribution >= 0.6 is 0 Å². The number of amides is 1. The van der Waals surface area contributed by atoms with Crippen LogP contribution in [0.5, 0.6) is 5.75 Å². The molecule has 0 atom stereocenters. The Labute approximate surface area is 253 Å². The van der Waals surface area contributed by atoms with Gasteiger partial charge in [0, 0.05) is 25.5 Å². The number of methoxy groups -OCH3 is 2. The molecule has 40 heavy (non-hydrogen) atoms. The second-order valence-corrected chi connectivity index (χ2v) is 7.21. The summed E-state index contributed by atoms with van der Waals surface area (Å²) in [6, 6.07) is 0. The maximum Gasteiger partial charge on any atom is 1.00 e. The molecular weight excluding hydrogens is 547 g/mol. The number of esters is 3. The number of fused-ring (bicyclic) bond motifs is 1. The molecule has 0 saturated carbocycles. The molecular formula is C24H35N2NaO13. The zero-order chi connectivity index (χ0) is 30.0. The van der Waals surface area contributed by atoms with E-state index in [-0.39, 0.29) is 60.7 Å². The number of aliphatic hydroxyl groups is 1. The van der Waals surface area contributed by atoms with E-state index >= 15 is 0 Å². The second-order valence-electron chi connectivity index (χ2n) is 7.21. The largest absolute Gasteiger partial charge is 1.00 e. The van der Waals surface area contributed by atoms with Crippen molar-refractivity contribution in [2.75, 3.05) is 54.9 Å². The van der Waals surface area contributed by atoms with Crippen LogP contribution in [0, 0.1) is 0 Å². The predicted octanol–water partition coefficient (Wildman–Crippen LogP) is -4.57. The van der Waals surface area contributed by atoms with E-state index in [0.29, 0.717) is 48.6 Å². The SMILES string of the molecule is CCOC(=O)C1=C(NC(=O)CC(=O)OC)COCC1.CO.COC(=O)c1c(O)c2c([nH]c1=O)COCC2.C[O-].[Na+]. The van der Waals surface area contributed by atoms with Gasteiger partial charge in [0.05, 0.1) is 64.2 Å². The Bertz CT molecular complexity index is 1070. The smallest absolute Gasteiger partial charge is 0.857 e. The molecule has 3 heterocycles. The minimum atomic E-state index is -0.840. The van der Waals surface area contributed by atoms with Gasteiger partial charge in [-0.05, 0) is 6.92 Å². The molecule has 0 bridgehead atoms. The average molecular weight is 583 g/mol. The number of rotatable bonds is 6. The fourth-order valence-electron chi connectivity index (χ4n) is 3.27. The van der Waals surface area contributed by atoms with Crippen LogP contribution in [0.2, 0.25) is 0 Å². The van der Waals surface area contributed by atoms with Crippen LogP contribution in [0.3, 0.4) is 0 Å². The van der Waals surface area contributed by atoms with Crippen molar-refractivity contribution in [2.45, 2.75) is 32.8 Å². The van der Waals surface area contributed by atoms with Crippen LogP contribution in [0.15, 0.2) is 16.1 Å². The quantitative estimate of drug-likeness (QED) is 0.107. The third-order valence-corrected chi connectivity index (χ3v) is 4.96. The van der Waals surface area contributed by atoms with Crippen molar-refractivity contribution < 1.29 is 87.7 Å². The fraction of sp³-hybridized carbons (Fsp3) is 0.542.